The van der Waals surface area contributed by atoms with Gasteiger partial charge in [0.2, 0.25) is 0 Å². The van der Waals surface area contributed by atoms with E-state index in [2.05, 4.69) is 75.8 Å². The van der Waals surface area contributed by atoms with Gasteiger partial charge in [-0.15, -0.1) is 0 Å². The molecule has 0 aliphatic carbocycles. The molecule has 0 N–H and O–H groups in total. The summed E-state index contributed by atoms with van der Waals surface area (Å²) in [5.41, 5.74) is 3.52. The van der Waals surface area contributed by atoms with E-state index in [4.69, 9.17) is 4.74 Å². The maximum atomic E-state index is 5.43. The van der Waals surface area contributed by atoms with E-state index >= 15 is 0 Å². The quantitative estimate of drug-likeness (QED) is 0.639. The number of halogens is 2. The van der Waals surface area contributed by atoms with Crippen molar-refractivity contribution < 1.29 is 4.74 Å². The topological polar surface area (TPSA) is 9.23 Å². The lowest BCUT2D eigenvalue weighted by atomic mass is 10.0. The molecule has 0 saturated carbocycles. The van der Waals surface area contributed by atoms with Gasteiger partial charge in [-0.1, -0.05) is 27.6 Å². The van der Waals surface area contributed by atoms with E-state index < -0.39 is 0 Å². The van der Waals surface area contributed by atoms with Gasteiger partial charge in [-0.3, -0.25) is 0 Å². The minimum Gasteiger partial charge on any atom is -0.496 e. The van der Waals surface area contributed by atoms with Gasteiger partial charge in [0.05, 0.1) is 7.11 Å². The van der Waals surface area contributed by atoms with Gasteiger partial charge in [0.1, 0.15) is 5.75 Å². The SMILES string of the molecule is COc1ccc(C)cc1-c1cc(I)ccc1Br. The average molecular weight is 403 g/mol. The fraction of sp³-hybridized carbons (Fsp3) is 0.143. The molecule has 0 atom stereocenters. The second kappa shape index (κ2) is 5.40. The van der Waals surface area contributed by atoms with E-state index in [1.165, 1.54) is 9.13 Å². The van der Waals surface area contributed by atoms with Crippen LogP contribution in [0.5, 0.6) is 5.75 Å². The van der Waals surface area contributed by atoms with Crippen molar-refractivity contribution in [2.45, 2.75) is 6.92 Å². The highest BCUT2D eigenvalue weighted by atomic mass is 127. The molecule has 0 spiro atoms. The molecule has 2 aromatic carbocycles. The minimum absolute atomic E-state index is 0.901. The molecule has 3 heteroatoms. The van der Waals surface area contributed by atoms with E-state index in [1.807, 2.05) is 6.07 Å². The van der Waals surface area contributed by atoms with Gasteiger partial charge < -0.3 is 4.74 Å². The zero-order chi connectivity index (χ0) is 12.4. The Hall–Kier alpha value is -0.550. The van der Waals surface area contributed by atoms with Gasteiger partial charge in [0.15, 0.2) is 0 Å². The average Bonchev–Trinajstić information content (AvgIpc) is 2.32. The van der Waals surface area contributed by atoms with Crippen molar-refractivity contribution in [1.82, 2.24) is 0 Å². The van der Waals surface area contributed by atoms with Gasteiger partial charge in [-0.05, 0) is 59.8 Å². The molecule has 0 bridgehead atoms. The first kappa shape index (κ1) is 12.9. The zero-order valence-corrected chi connectivity index (χ0v) is 13.4. The fourth-order valence-corrected chi connectivity index (χ4v) is 2.69. The van der Waals surface area contributed by atoms with Crippen molar-refractivity contribution in [1.29, 1.82) is 0 Å². The summed E-state index contributed by atoms with van der Waals surface area (Å²) < 4.78 is 7.72. The van der Waals surface area contributed by atoms with Gasteiger partial charge in [-0.2, -0.15) is 0 Å². The lowest BCUT2D eigenvalue weighted by Gasteiger charge is -2.11. The van der Waals surface area contributed by atoms with E-state index in [1.54, 1.807) is 7.11 Å². The Morgan fingerprint density at radius 3 is 2.53 bits per heavy atom. The number of rotatable bonds is 2. The maximum Gasteiger partial charge on any atom is 0.126 e. The Bertz CT molecular complexity index is 552. The molecule has 88 valence electrons. The predicted octanol–water partition coefficient (Wildman–Crippen LogP) is 5.04. The molecule has 0 amide bonds. The highest BCUT2D eigenvalue weighted by molar-refractivity contribution is 14.1. The molecule has 0 fully saturated rings. The molecule has 17 heavy (non-hydrogen) atoms. The van der Waals surface area contributed by atoms with Gasteiger partial charge in [0, 0.05) is 19.2 Å². The number of hydrogen-bond acceptors (Lipinski definition) is 1. The molecule has 0 radical (unpaired) electrons. The van der Waals surface area contributed by atoms with Gasteiger partial charge in [-0.25, -0.2) is 0 Å². The highest BCUT2D eigenvalue weighted by Gasteiger charge is 2.09. The number of methoxy groups -OCH3 is 1. The standard InChI is InChI=1S/C14H12BrIO/c1-9-3-6-14(17-2)12(7-9)11-8-10(16)4-5-13(11)15/h3-8H,1-2H3. The van der Waals surface area contributed by atoms with Crippen LogP contribution in [0.3, 0.4) is 0 Å². The first-order valence-electron chi connectivity index (χ1n) is 5.22. The molecule has 2 rings (SSSR count). The number of ether oxygens (including phenoxy) is 1. The van der Waals surface area contributed by atoms with Crippen LogP contribution in [-0.4, -0.2) is 7.11 Å². The van der Waals surface area contributed by atoms with E-state index in [-0.39, 0.29) is 0 Å². The van der Waals surface area contributed by atoms with Gasteiger partial charge in [0.25, 0.3) is 0 Å². The van der Waals surface area contributed by atoms with E-state index in [0.29, 0.717) is 0 Å². The van der Waals surface area contributed by atoms with Crippen molar-refractivity contribution in [3.05, 3.63) is 50.0 Å². The largest absolute Gasteiger partial charge is 0.496 e. The summed E-state index contributed by atoms with van der Waals surface area (Å²) in [6.07, 6.45) is 0. The van der Waals surface area contributed by atoms with Crippen molar-refractivity contribution in [3.8, 4) is 16.9 Å². The van der Waals surface area contributed by atoms with Gasteiger partial charge >= 0.3 is 0 Å². The summed E-state index contributed by atoms with van der Waals surface area (Å²) >= 11 is 5.92. The summed E-state index contributed by atoms with van der Waals surface area (Å²) in [6, 6.07) is 12.5. The first-order chi connectivity index (χ1) is 8.11. The van der Waals surface area contributed by atoms with Crippen molar-refractivity contribution in [3.63, 3.8) is 0 Å². The fourth-order valence-electron chi connectivity index (χ4n) is 1.74. The Labute approximate surface area is 123 Å². The molecule has 0 saturated heterocycles. The Balaban J connectivity index is 2.66. The Morgan fingerprint density at radius 2 is 1.82 bits per heavy atom. The van der Waals surface area contributed by atoms with Crippen molar-refractivity contribution in [2.75, 3.05) is 7.11 Å². The van der Waals surface area contributed by atoms with Crippen LogP contribution < -0.4 is 4.74 Å². The third-order valence-electron chi connectivity index (χ3n) is 2.57. The molecule has 0 aliphatic rings. The van der Waals surface area contributed by atoms with Crippen LogP contribution in [0.25, 0.3) is 11.1 Å². The first-order valence-corrected chi connectivity index (χ1v) is 7.09. The van der Waals surface area contributed by atoms with Crippen molar-refractivity contribution in [2.24, 2.45) is 0 Å². The van der Waals surface area contributed by atoms with Crippen molar-refractivity contribution >= 4 is 38.5 Å². The predicted molar refractivity (Wildman–Crippen MR) is 83.6 cm³/mol. The zero-order valence-electron chi connectivity index (χ0n) is 9.63. The summed E-state index contributed by atoms with van der Waals surface area (Å²) in [5, 5.41) is 0. The minimum atomic E-state index is 0.901. The third-order valence-corrected chi connectivity index (χ3v) is 3.94. The molecule has 0 aliphatic heterocycles. The normalized spacial score (nSPS) is 10.4. The van der Waals surface area contributed by atoms with Crippen LogP contribution >= 0.6 is 38.5 Å². The molecule has 0 aromatic heterocycles. The van der Waals surface area contributed by atoms with Crippen LogP contribution in [0.4, 0.5) is 0 Å². The lowest BCUT2D eigenvalue weighted by Crippen LogP contribution is -1.90. The van der Waals surface area contributed by atoms with Crippen LogP contribution in [0, 0.1) is 10.5 Å². The number of benzene rings is 2. The Kier molecular flexibility index (Phi) is 4.09. The lowest BCUT2D eigenvalue weighted by molar-refractivity contribution is 0.416. The summed E-state index contributed by atoms with van der Waals surface area (Å²) in [6.45, 7) is 2.09. The van der Waals surface area contributed by atoms with Crippen LogP contribution in [-0.2, 0) is 0 Å². The summed E-state index contributed by atoms with van der Waals surface area (Å²) in [7, 11) is 1.70. The number of aryl methyl sites for hydroxylation is 1. The van der Waals surface area contributed by atoms with Crippen LogP contribution in [0.1, 0.15) is 5.56 Å². The molecule has 2 aromatic rings. The van der Waals surface area contributed by atoms with E-state index in [0.717, 1.165) is 21.3 Å². The monoisotopic (exact) mass is 402 g/mol. The maximum absolute atomic E-state index is 5.43. The summed E-state index contributed by atoms with van der Waals surface area (Å²) in [4.78, 5) is 0. The third kappa shape index (κ3) is 2.83. The molecular formula is C14H12BrIO. The molecule has 1 nitrogen and oxygen atoms in total. The van der Waals surface area contributed by atoms with Crippen LogP contribution in [0.15, 0.2) is 40.9 Å². The molecule has 0 unspecified atom stereocenters. The van der Waals surface area contributed by atoms with Crippen LogP contribution in [0.2, 0.25) is 0 Å². The second-order valence-corrected chi connectivity index (χ2v) is 5.93. The molecule has 0 heterocycles. The number of hydrogen-bond donors (Lipinski definition) is 0. The van der Waals surface area contributed by atoms with E-state index in [9.17, 15) is 0 Å². The summed E-state index contributed by atoms with van der Waals surface area (Å²) in [5.74, 6) is 0.901. The Morgan fingerprint density at radius 1 is 1.06 bits per heavy atom. The highest BCUT2D eigenvalue weighted by Crippen LogP contribution is 2.36. The molecular weight excluding hydrogens is 391 g/mol. The second-order valence-electron chi connectivity index (χ2n) is 3.83. The smallest absolute Gasteiger partial charge is 0.126 e.